The third kappa shape index (κ3) is 3.70. The van der Waals surface area contributed by atoms with E-state index in [0.29, 0.717) is 5.69 Å². The zero-order valence-corrected chi connectivity index (χ0v) is 15.0. The summed E-state index contributed by atoms with van der Waals surface area (Å²) in [6.07, 6.45) is 1.59. The number of nitrogen functional groups attached to an aromatic ring is 1. The molecule has 0 aliphatic carbocycles. The largest absolute Gasteiger partial charge is 0.383 e. The first kappa shape index (κ1) is 17.9. The molecule has 27 heavy (non-hydrogen) atoms. The number of nitrogens with zero attached hydrogens (tertiary/aromatic N) is 5. The van der Waals surface area contributed by atoms with Crippen LogP contribution in [0, 0.1) is 11.3 Å². The summed E-state index contributed by atoms with van der Waals surface area (Å²) in [5.41, 5.74) is 8.06. The molecule has 2 aromatic carbocycles. The summed E-state index contributed by atoms with van der Waals surface area (Å²) in [6, 6.07) is 18.5. The number of aromatic nitrogens is 2. The van der Waals surface area contributed by atoms with Gasteiger partial charge in [-0.3, -0.25) is 0 Å². The van der Waals surface area contributed by atoms with Gasteiger partial charge in [0, 0.05) is 26.0 Å². The summed E-state index contributed by atoms with van der Waals surface area (Å²) in [4.78, 5) is 22.5. The number of hydrogen-bond donors (Lipinski definition) is 1. The van der Waals surface area contributed by atoms with Crippen LogP contribution in [0.25, 0.3) is 5.69 Å². The van der Waals surface area contributed by atoms with Crippen LogP contribution in [0.1, 0.15) is 11.3 Å². The van der Waals surface area contributed by atoms with E-state index >= 15 is 0 Å². The van der Waals surface area contributed by atoms with E-state index in [-0.39, 0.29) is 17.2 Å². The van der Waals surface area contributed by atoms with Crippen molar-refractivity contribution in [3.05, 3.63) is 76.3 Å². The van der Waals surface area contributed by atoms with Gasteiger partial charge in [0.25, 0.3) is 0 Å². The van der Waals surface area contributed by atoms with Crippen molar-refractivity contribution >= 4 is 23.4 Å². The maximum Gasteiger partial charge on any atom is 0.355 e. The lowest BCUT2D eigenvalue weighted by molar-refractivity contribution is 0.918. The van der Waals surface area contributed by atoms with Crippen LogP contribution in [-0.4, -0.2) is 29.9 Å². The first-order valence-corrected chi connectivity index (χ1v) is 8.21. The molecule has 0 saturated heterocycles. The first-order valence-electron chi connectivity index (χ1n) is 8.21. The van der Waals surface area contributed by atoms with E-state index < -0.39 is 5.69 Å². The monoisotopic (exact) mass is 358 g/mol. The quantitative estimate of drug-likeness (QED) is 0.722. The van der Waals surface area contributed by atoms with Gasteiger partial charge in [0.05, 0.1) is 5.69 Å². The minimum atomic E-state index is -0.621. The number of anilines is 2. The van der Waals surface area contributed by atoms with Crippen LogP contribution in [0.2, 0.25) is 0 Å². The molecule has 0 atom stereocenters. The maximum absolute atomic E-state index is 12.3. The molecular formula is C20H18N6O. The zero-order chi connectivity index (χ0) is 19.4. The highest BCUT2D eigenvalue weighted by Gasteiger charge is 2.15. The summed E-state index contributed by atoms with van der Waals surface area (Å²) in [5.74, 6) is 0.0684. The van der Waals surface area contributed by atoms with Crippen molar-refractivity contribution in [3.63, 3.8) is 0 Å². The Hall–Kier alpha value is -3.92. The van der Waals surface area contributed by atoms with Crippen LogP contribution in [0.3, 0.4) is 0 Å². The second-order valence-corrected chi connectivity index (χ2v) is 6.00. The predicted molar refractivity (Wildman–Crippen MR) is 107 cm³/mol. The van der Waals surface area contributed by atoms with Crippen molar-refractivity contribution < 1.29 is 0 Å². The Labute approximate surface area is 156 Å². The van der Waals surface area contributed by atoms with Gasteiger partial charge in [0.15, 0.2) is 5.69 Å². The van der Waals surface area contributed by atoms with Crippen LogP contribution in [0.4, 0.5) is 17.2 Å². The number of hydrogen-bond acceptors (Lipinski definition) is 6. The van der Waals surface area contributed by atoms with Crippen LogP contribution >= 0.6 is 0 Å². The van der Waals surface area contributed by atoms with E-state index in [9.17, 15) is 10.1 Å². The fraction of sp³-hybridized carbons (Fsp3) is 0.100. The lowest BCUT2D eigenvalue weighted by Gasteiger charge is -2.12. The normalized spacial score (nSPS) is 10.7. The van der Waals surface area contributed by atoms with E-state index in [1.54, 1.807) is 30.5 Å². The van der Waals surface area contributed by atoms with Crippen LogP contribution in [0.15, 0.2) is 64.4 Å². The minimum absolute atomic E-state index is 0.0684. The Morgan fingerprint density at radius 3 is 2.41 bits per heavy atom. The second kappa shape index (κ2) is 7.54. The van der Waals surface area contributed by atoms with Crippen molar-refractivity contribution in [2.45, 2.75) is 0 Å². The SMILES string of the molecule is CN(C)c1ccc(C=Nc2c(C#N)nc(=O)n(-c3ccccc3)c2N)cc1. The maximum atomic E-state index is 12.3. The van der Waals surface area contributed by atoms with Crippen molar-refractivity contribution in [3.8, 4) is 11.8 Å². The third-order valence-electron chi connectivity index (χ3n) is 3.98. The molecule has 0 radical (unpaired) electrons. The highest BCUT2D eigenvalue weighted by Crippen LogP contribution is 2.25. The van der Waals surface area contributed by atoms with Gasteiger partial charge in [-0.15, -0.1) is 0 Å². The number of nitrogens with two attached hydrogens (primary N) is 1. The Morgan fingerprint density at radius 1 is 1.15 bits per heavy atom. The molecule has 0 amide bonds. The molecule has 0 unspecified atom stereocenters. The summed E-state index contributed by atoms with van der Waals surface area (Å²) in [6.45, 7) is 0. The molecule has 0 spiro atoms. The third-order valence-corrected chi connectivity index (χ3v) is 3.98. The summed E-state index contributed by atoms with van der Waals surface area (Å²) in [7, 11) is 3.92. The van der Waals surface area contributed by atoms with E-state index in [2.05, 4.69) is 9.98 Å². The molecule has 2 N–H and O–H groups in total. The number of para-hydroxylation sites is 1. The van der Waals surface area contributed by atoms with Crippen molar-refractivity contribution in [1.82, 2.24) is 9.55 Å². The Morgan fingerprint density at radius 2 is 1.81 bits per heavy atom. The van der Waals surface area contributed by atoms with Gasteiger partial charge in [0.2, 0.25) is 0 Å². The Bertz CT molecular complexity index is 1080. The molecule has 3 aromatic rings. The molecule has 7 nitrogen and oxygen atoms in total. The second-order valence-electron chi connectivity index (χ2n) is 6.00. The van der Waals surface area contributed by atoms with Gasteiger partial charge >= 0.3 is 5.69 Å². The van der Waals surface area contributed by atoms with E-state index in [4.69, 9.17) is 5.73 Å². The minimum Gasteiger partial charge on any atom is -0.383 e. The smallest absolute Gasteiger partial charge is 0.355 e. The molecule has 7 heteroatoms. The molecule has 0 bridgehead atoms. The standard InChI is InChI=1S/C20H18N6O/c1-25(2)15-10-8-14(9-11-15)13-23-18-17(12-21)24-20(27)26(19(18)22)16-6-4-3-5-7-16/h3-11,13H,22H2,1-2H3. The molecule has 0 aliphatic rings. The van der Waals surface area contributed by atoms with Gasteiger partial charge in [-0.25, -0.2) is 14.4 Å². The molecule has 1 aromatic heterocycles. The van der Waals surface area contributed by atoms with Crippen LogP contribution < -0.4 is 16.3 Å². The van der Waals surface area contributed by atoms with E-state index in [0.717, 1.165) is 11.3 Å². The van der Waals surface area contributed by atoms with Crippen LogP contribution in [-0.2, 0) is 0 Å². The van der Waals surface area contributed by atoms with Gasteiger partial charge in [0.1, 0.15) is 17.6 Å². The van der Waals surface area contributed by atoms with Gasteiger partial charge in [-0.05, 0) is 29.8 Å². The Balaban J connectivity index is 2.07. The predicted octanol–water partition coefficient (Wildman–Crippen LogP) is 2.50. The molecule has 0 fully saturated rings. The number of nitriles is 1. The van der Waals surface area contributed by atoms with Gasteiger partial charge in [-0.1, -0.05) is 30.3 Å². The highest BCUT2D eigenvalue weighted by molar-refractivity contribution is 5.85. The Kier molecular flexibility index (Phi) is 4.99. The van der Waals surface area contributed by atoms with Crippen molar-refractivity contribution in [1.29, 1.82) is 5.26 Å². The molecule has 1 heterocycles. The average Bonchev–Trinajstić information content (AvgIpc) is 2.68. The fourth-order valence-electron chi connectivity index (χ4n) is 2.56. The van der Waals surface area contributed by atoms with Gasteiger partial charge in [-0.2, -0.15) is 10.2 Å². The summed E-state index contributed by atoms with van der Waals surface area (Å²) < 4.78 is 1.24. The molecular weight excluding hydrogens is 340 g/mol. The lowest BCUT2D eigenvalue weighted by atomic mass is 10.2. The summed E-state index contributed by atoms with van der Waals surface area (Å²) in [5, 5.41) is 9.33. The van der Waals surface area contributed by atoms with Gasteiger partial charge < -0.3 is 10.6 Å². The number of aliphatic imine (C=N–C) groups is 1. The highest BCUT2D eigenvalue weighted by atomic mass is 16.1. The number of benzene rings is 2. The topological polar surface area (TPSA) is 100 Å². The molecule has 0 aliphatic heterocycles. The van der Waals surface area contributed by atoms with E-state index in [1.807, 2.05) is 55.4 Å². The van der Waals surface area contributed by atoms with Crippen molar-refractivity contribution in [2.75, 3.05) is 24.7 Å². The lowest BCUT2D eigenvalue weighted by Crippen LogP contribution is -2.25. The average molecular weight is 358 g/mol. The van der Waals surface area contributed by atoms with E-state index in [1.165, 1.54) is 4.57 Å². The molecule has 3 rings (SSSR count). The summed E-state index contributed by atoms with van der Waals surface area (Å²) >= 11 is 0. The molecule has 134 valence electrons. The van der Waals surface area contributed by atoms with Crippen molar-refractivity contribution in [2.24, 2.45) is 4.99 Å². The molecule has 0 saturated carbocycles. The first-order chi connectivity index (χ1) is 13.0. The fourth-order valence-corrected chi connectivity index (χ4v) is 2.56. The zero-order valence-electron chi connectivity index (χ0n) is 15.0. The van der Waals surface area contributed by atoms with Crippen LogP contribution in [0.5, 0.6) is 0 Å². The number of rotatable bonds is 4.